The summed E-state index contributed by atoms with van der Waals surface area (Å²) in [6.07, 6.45) is 3.61. The van der Waals surface area contributed by atoms with Gasteiger partial charge in [-0.25, -0.2) is 0 Å². The maximum absolute atomic E-state index is 9.70. The van der Waals surface area contributed by atoms with Crippen LogP contribution in [0.4, 0.5) is 0 Å². The molecule has 0 bridgehead atoms. The van der Waals surface area contributed by atoms with Crippen molar-refractivity contribution >= 4 is 0 Å². The Morgan fingerprint density at radius 3 is 2.71 bits per heavy atom. The van der Waals surface area contributed by atoms with E-state index in [-0.39, 0.29) is 0 Å². The van der Waals surface area contributed by atoms with Gasteiger partial charge >= 0.3 is 0 Å². The number of hydrogen-bond donors (Lipinski definition) is 1. The molecule has 1 N–H and O–H groups in total. The lowest BCUT2D eigenvalue weighted by atomic mass is 9.93. The van der Waals surface area contributed by atoms with Crippen LogP contribution in [0.5, 0.6) is 5.75 Å². The molecule has 0 saturated carbocycles. The van der Waals surface area contributed by atoms with Gasteiger partial charge < -0.3 is 5.11 Å². The molecule has 1 atom stereocenters. The highest BCUT2D eigenvalue weighted by molar-refractivity contribution is 5.37. The van der Waals surface area contributed by atoms with Crippen LogP contribution in [-0.2, 0) is 0 Å². The van der Waals surface area contributed by atoms with Crippen molar-refractivity contribution in [3.63, 3.8) is 0 Å². The highest BCUT2D eigenvalue weighted by Gasteiger charge is 2.09. The number of phenols is 1. The molecule has 0 aromatic heterocycles. The number of unbranched alkanes of at least 4 members (excludes halogenated alkanes) is 1. The molecule has 0 spiro atoms. The van der Waals surface area contributed by atoms with E-state index in [4.69, 9.17) is 0 Å². The van der Waals surface area contributed by atoms with Gasteiger partial charge in [-0.2, -0.15) is 0 Å². The fourth-order valence-corrected chi connectivity index (χ4v) is 1.73. The zero-order valence-corrected chi connectivity index (χ0v) is 9.38. The second-order valence-corrected chi connectivity index (χ2v) is 4.11. The molecule has 0 heterocycles. The summed E-state index contributed by atoms with van der Waals surface area (Å²) < 4.78 is 0. The van der Waals surface area contributed by atoms with Gasteiger partial charge in [0.15, 0.2) is 0 Å². The summed E-state index contributed by atoms with van der Waals surface area (Å²) in [5.74, 6) is 0.911. The van der Waals surface area contributed by atoms with Crippen LogP contribution in [0.1, 0.15) is 50.2 Å². The van der Waals surface area contributed by atoms with Crippen molar-refractivity contribution in [2.45, 2.75) is 46.0 Å². The van der Waals surface area contributed by atoms with E-state index >= 15 is 0 Å². The van der Waals surface area contributed by atoms with Crippen molar-refractivity contribution in [1.29, 1.82) is 0 Å². The number of benzene rings is 1. The van der Waals surface area contributed by atoms with Gasteiger partial charge in [-0.05, 0) is 30.9 Å². The van der Waals surface area contributed by atoms with Gasteiger partial charge in [0.05, 0.1) is 0 Å². The fraction of sp³-hybridized carbons (Fsp3) is 0.538. The lowest BCUT2D eigenvalue weighted by Gasteiger charge is -2.13. The van der Waals surface area contributed by atoms with Gasteiger partial charge in [0.1, 0.15) is 5.75 Å². The maximum atomic E-state index is 9.70. The van der Waals surface area contributed by atoms with Crippen LogP contribution in [0.2, 0.25) is 0 Å². The first kappa shape index (κ1) is 11.1. The van der Waals surface area contributed by atoms with Gasteiger partial charge in [0, 0.05) is 0 Å². The highest BCUT2D eigenvalue weighted by Crippen LogP contribution is 2.29. The molecule has 0 aliphatic rings. The monoisotopic (exact) mass is 192 g/mol. The Balaban J connectivity index is 2.77. The minimum Gasteiger partial charge on any atom is -0.508 e. The van der Waals surface area contributed by atoms with Gasteiger partial charge in [0.25, 0.3) is 0 Å². The lowest BCUT2D eigenvalue weighted by Crippen LogP contribution is -1.94. The third-order valence-corrected chi connectivity index (χ3v) is 2.70. The third-order valence-electron chi connectivity index (χ3n) is 2.70. The first-order valence-electron chi connectivity index (χ1n) is 5.44. The lowest BCUT2D eigenvalue weighted by molar-refractivity contribution is 0.458. The van der Waals surface area contributed by atoms with Crippen LogP contribution in [-0.4, -0.2) is 5.11 Å². The average molecular weight is 192 g/mol. The van der Waals surface area contributed by atoms with E-state index in [2.05, 4.69) is 26.8 Å². The Hall–Kier alpha value is -0.980. The molecule has 0 saturated heterocycles. The highest BCUT2D eigenvalue weighted by atomic mass is 16.3. The van der Waals surface area contributed by atoms with Crippen molar-refractivity contribution < 1.29 is 5.11 Å². The molecule has 1 rings (SSSR count). The Morgan fingerprint density at radius 1 is 1.36 bits per heavy atom. The SMILES string of the molecule is CCCCC(C)c1cc(C)ccc1O. The second-order valence-electron chi connectivity index (χ2n) is 4.11. The number of phenolic OH excluding ortho intramolecular Hbond substituents is 1. The molecule has 0 radical (unpaired) electrons. The van der Waals surface area contributed by atoms with Gasteiger partial charge in [-0.1, -0.05) is 44.4 Å². The van der Waals surface area contributed by atoms with Crippen LogP contribution in [0.3, 0.4) is 0 Å². The molecule has 14 heavy (non-hydrogen) atoms. The minimum atomic E-state index is 0.444. The zero-order chi connectivity index (χ0) is 10.6. The van der Waals surface area contributed by atoms with E-state index < -0.39 is 0 Å². The van der Waals surface area contributed by atoms with Crippen LogP contribution in [0.15, 0.2) is 18.2 Å². The molecule has 1 nitrogen and oxygen atoms in total. The predicted octanol–water partition coefficient (Wildman–Crippen LogP) is 3.99. The molecule has 0 aliphatic carbocycles. The summed E-state index contributed by atoms with van der Waals surface area (Å²) in [5.41, 5.74) is 2.32. The summed E-state index contributed by atoms with van der Waals surface area (Å²) in [6.45, 7) is 6.45. The molecule has 0 aliphatic heterocycles. The molecule has 0 fully saturated rings. The first-order chi connectivity index (χ1) is 6.65. The van der Waals surface area contributed by atoms with E-state index in [1.165, 1.54) is 18.4 Å². The van der Waals surface area contributed by atoms with Crippen molar-refractivity contribution in [3.05, 3.63) is 29.3 Å². The normalized spacial score (nSPS) is 12.8. The van der Waals surface area contributed by atoms with Crippen molar-refractivity contribution in [2.24, 2.45) is 0 Å². The average Bonchev–Trinajstić information content (AvgIpc) is 2.18. The Labute approximate surface area is 86.8 Å². The molecule has 1 aromatic rings. The topological polar surface area (TPSA) is 20.2 Å². The number of hydrogen-bond acceptors (Lipinski definition) is 1. The standard InChI is InChI=1S/C13H20O/c1-4-5-6-11(3)12-9-10(2)7-8-13(12)14/h7-9,11,14H,4-6H2,1-3H3. The molecular formula is C13H20O. The summed E-state index contributed by atoms with van der Waals surface area (Å²) in [6, 6.07) is 5.84. The van der Waals surface area contributed by atoms with E-state index in [1.807, 2.05) is 6.07 Å². The molecular weight excluding hydrogens is 172 g/mol. The van der Waals surface area contributed by atoms with Crippen LogP contribution >= 0.6 is 0 Å². The summed E-state index contributed by atoms with van der Waals surface area (Å²) in [5, 5.41) is 9.70. The molecule has 1 unspecified atom stereocenters. The van der Waals surface area contributed by atoms with E-state index in [0.717, 1.165) is 12.0 Å². The number of aryl methyl sites for hydroxylation is 1. The Kier molecular flexibility index (Phi) is 3.99. The summed E-state index contributed by atoms with van der Waals surface area (Å²) >= 11 is 0. The van der Waals surface area contributed by atoms with Gasteiger partial charge in [0.2, 0.25) is 0 Å². The largest absolute Gasteiger partial charge is 0.508 e. The molecule has 78 valence electrons. The molecule has 1 heteroatoms. The number of rotatable bonds is 4. The van der Waals surface area contributed by atoms with Crippen LogP contribution in [0, 0.1) is 6.92 Å². The van der Waals surface area contributed by atoms with Crippen LogP contribution < -0.4 is 0 Å². The van der Waals surface area contributed by atoms with Gasteiger partial charge in [-0.3, -0.25) is 0 Å². The fourth-order valence-electron chi connectivity index (χ4n) is 1.73. The third kappa shape index (κ3) is 2.76. The summed E-state index contributed by atoms with van der Waals surface area (Å²) in [4.78, 5) is 0. The van der Waals surface area contributed by atoms with Gasteiger partial charge in [-0.15, -0.1) is 0 Å². The predicted molar refractivity (Wildman–Crippen MR) is 60.8 cm³/mol. The van der Waals surface area contributed by atoms with Crippen LogP contribution in [0.25, 0.3) is 0 Å². The summed E-state index contributed by atoms with van der Waals surface area (Å²) in [7, 11) is 0. The first-order valence-corrected chi connectivity index (χ1v) is 5.44. The smallest absolute Gasteiger partial charge is 0.119 e. The molecule has 0 amide bonds. The second kappa shape index (κ2) is 5.04. The number of aromatic hydroxyl groups is 1. The maximum Gasteiger partial charge on any atom is 0.119 e. The van der Waals surface area contributed by atoms with E-state index in [9.17, 15) is 5.11 Å². The van der Waals surface area contributed by atoms with Crippen molar-refractivity contribution in [1.82, 2.24) is 0 Å². The van der Waals surface area contributed by atoms with E-state index in [0.29, 0.717) is 11.7 Å². The zero-order valence-electron chi connectivity index (χ0n) is 9.38. The Bertz CT molecular complexity index is 291. The quantitative estimate of drug-likeness (QED) is 0.764. The van der Waals surface area contributed by atoms with Crippen molar-refractivity contribution in [3.8, 4) is 5.75 Å². The van der Waals surface area contributed by atoms with Crippen molar-refractivity contribution in [2.75, 3.05) is 0 Å². The molecule has 1 aromatic carbocycles. The Morgan fingerprint density at radius 2 is 2.07 bits per heavy atom. The van der Waals surface area contributed by atoms with E-state index in [1.54, 1.807) is 6.07 Å². The minimum absolute atomic E-state index is 0.444.